The fourth-order valence-corrected chi connectivity index (χ4v) is 2.22. The highest BCUT2D eigenvalue weighted by Gasteiger charge is 2.17. The molecule has 0 aliphatic heterocycles. The minimum atomic E-state index is -0.934. The van der Waals surface area contributed by atoms with Crippen LogP contribution in [0, 0.1) is 0 Å². The van der Waals surface area contributed by atoms with E-state index < -0.39 is 5.97 Å². The molecule has 1 N–H and O–H groups in total. The molecule has 0 fully saturated rings. The number of carboxylic acids is 1. The second-order valence-electron chi connectivity index (χ2n) is 3.19. The number of carbonyl (C=O) groups is 1. The molecule has 0 saturated heterocycles. The Kier molecular flexibility index (Phi) is 2.96. The number of aromatic carboxylic acids is 1. The molecule has 0 spiro atoms. The van der Waals surface area contributed by atoms with Gasteiger partial charge in [0.25, 0.3) is 0 Å². The Bertz CT molecular complexity index is 508. The Morgan fingerprint density at radius 2 is 2.38 bits per heavy atom. The van der Waals surface area contributed by atoms with E-state index in [1.807, 2.05) is 13.0 Å². The minimum absolute atomic E-state index is 0.282. The van der Waals surface area contributed by atoms with Crippen molar-refractivity contribution < 1.29 is 9.90 Å². The molecule has 2 heterocycles. The molecule has 16 heavy (non-hydrogen) atoms. The zero-order valence-electron chi connectivity index (χ0n) is 8.67. The first-order valence-corrected chi connectivity index (χ1v) is 5.67. The number of hydrogen-bond donors (Lipinski definition) is 1. The van der Waals surface area contributed by atoms with Crippen molar-refractivity contribution in [3.63, 3.8) is 0 Å². The van der Waals surface area contributed by atoms with Crippen LogP contribution >= 0.6 is 11.3 Å². The average molecular weight is 234 g/mol. The van der Waals surface area contributed by atoms with Gasteiger partial charge in [-0.1, -0.05) is 6.92 Å². The SMILES string of the molecule is CCc1nc(-c2cccnc2)c(C(=O)O)s1. The van der Waals surface area contributed by atoms with Crippen molar-refractivity contribution in [1.82, 2.24) is 9.97 Å². The lowest BCUT2D eigenvalue weighted by molar-refractivity contribution is 0.0702. The molecule has 5 heteroatoms. The van der Waals surface area contributed by atoms with Crippen LogP contribution in [0.2, 0.25) is 0 Å². The van der Waals surface area contributed by atoms with E-state index in [4.69, 9.17) is 5.11 Å². The average Bonchev–Trinajstić information content (AvgIpc) is 2.74. The molecular formula is C11H10N2O2S. The first-order valence-electron chi connectivity index (χ1n) is 4.85. The summed E-state index contributed by atoms with van der Waals surface area (Å²) in [6.45, 7) is 1.96. The third-order valence-electron chi connectivity index (χ3n) is 2.10. The van der Waals surface area contributed by atoms with E-state index >= 15 is 0 Å². The van der Waals surface area contributed by atoms with Crippen LogP contribution in [0.4, 0.5) is 0 Å². The maximum absolute atomic E-state index is 11.1. The van der Waals surface area contributed by atoms with Crippen molar-refractivity contribution in [2.75, 3.05) is 0 Å². The first kappa shape index (κ1) is 10.8. The van der Waals surface area contributed by atoms with Gasteiger partial charge in [-0.25, -0.2) is 9.78 Å². The van der Waals surface area contributed by atoms with Gasteiger partial charge in [-0.3, -0.25) is 4.98 Å². The van der Waals surface area contributed by atoms with E-state index in [-0.39, 0.29) is 4.88 Å². The van der Waals surface area contributed by atoms with E-state index in [0.29, 0.717) is 5.69 Å². The highest BCUT2D eigenvalue weighted by atomic mass is 32.1. The molecule has 0 saturated carbocycles. The molecule has 0 aliphatic carbocycles. The van der Waals surface area contributed by atoms with Gasteiger partial charge in [0.2, 0.25) is 0 Å². The standard InChI is InChI=1S/C11H10N2O2S/c1-2-8-13-9(10(16-8)11(14)15)7-4-3-5-12-6-7/h3-6H,2H2,1H3,(H,14,15). The third kappa shape index (κ3) is 1.94. The van der Waals surface area contributed by atoms with E-state index in [9.17, 15) is 4.79 Å². The molecule has 82 valence electrons. The smallest absolute Gasteiger partial charge is 0.348 e. The minimum Gasteiger partial charge on any atom is -0.477 e. The van der Waals surface area contributed by atoms with Gasteiger partial charge in [-0.15, -0.1) is 11.3 Å². The van der Waals surface area contributed by atoms with Crippen LogP contribution in [0.5, 0.6) is 0 Å². The molecule has 0 unspecified atom stereocenters. The molecule has 2 aromatic heterocycles. The third-order valence-corrected chi connectivity index (χ3v) is 3.29. The number of carboxylic acid groups (broad SMARTS) is 1. The Hall–Kier alpha value is -1.75. The number of hydrogen-bond acceptors (Lipinski definition) is 4. The predicted octanol–water partition coefficient (Wildman–Crippen LogP) is 2.47. The van der Waals surface area contributed by atoms with Crippen molar-refractivity contribution in [3.8, 4) is 11.3 Å². The monoisotopic (exact) mass is 234 g/mol. The molecule has 0 aliphatic rings. The van der Waals surface area contributed by atoms with Crippen molar-refractivity contribution >= 4 is 17.3 Å². The summed E-state index contributed by atoms with van der Waals surface area (Å²) >= 11 is 1.22. The van der Waals surface area contributed by atoms with Gasteiger partial charge in [0.15, 0.2) is 0 Å². The summed E-state index contributed by atoms with van der Waals surface area (Å²) in [5.41, 5.74) is 1.26. The summed E-state index contributed by atoms with van der Waals surface area (Å²) in [6, 6.07) is 3.58. The molecule has 0 bridgehead atoms. The lowest BCUT2D eigenvalue weighted by Gasteiger charge is -1.96. The van der Waals surface area contributed by atoms with Crippen LogP contribution in [0.25, 0.3) is 11.3 Å². The van der Waals surface area contributed by atoms with E-state index in [0.717, 1.165) is 17.0 Å². The fourth-order valence-electron chi connectivity index (χ4n) is 1.36. The van der Waals surface area contributed by atoms with Gasteiger partial charge >= 0.3 is 5.97 Å². The van der Waals surface area contributed by atoms with Gasteiger partial charge in [0.05, 0.1) is 10.7 Å². The van der Waals surface area contributed by atoms with E-state index in [2.05, 4.69) is 9.97 Å². The van der Waals surface area contributed by atoms with Gasteiger partial charge in [-0.05, 0) is 18.6 Å². The number of aryl methyl sites for hydroxylation is 1. The summed E-state index contributed by atoms with van der Waals surface area (Å²) in [6.07, 6.45) is 4.02. The number of rotatable bonds is 3. The largest absolute Gasteiger partial charge is 0.477 e. The number of pyridine rings is 1. The highest BCUT2D eigenvalue weighted by molar-refractivity contribution is 7.14. The molecule has 2 aromatic rings. The second kappa shape index (κ2) is 4.40. The molecule has 0 aromatic carbocycles. The van der Waals surface area contributed by atoms with Crippen molar-refractivity contribution in [1.29, 1.82) is 0 Å². The molecule has 0 atom stereocenters. The quantitative estimate of drug-likeness (QED) is 0.886. The first-order chi connectivity index (χ1) is 7.72. The van der Waals surface area contributed by atoms with E-state index in [1.54, 1.807) is 18.5 Å². The molecule has 0 radical (unpaired) electrons. The van der Waals surface area contributed by atoms with Crippen molar-refractivity contribution in [2.45, 2.75) is 13.3 Å². The molecule has 2 rings (SSSR count). The summed E-state index contributed by atoms with van der Waals surface area (Å²) in [5.74, 6) is -0.934. The summed E-state index contributed by atoms with van der Waals surface area (Å²) in [5, 5.41) is 9.92. The topological polar surface area (TPSA) is 63.1 Å². The Morgan fingerprint density at radius 1 is 1.56 bits per heavy atom. The van der Waals surface area contributed by atoms with Crippen LogP contribution < -0.4 is 0 Å². The molecule has 4 nitrogen and oxygen atoms in total. The summed E-state index contributed by atoms with van der Waals surface area (Å²) in [4.78, 5) is 19.6. The zero-order valence-corrected chi connectivity index (χ0v) is 9.49. The lowest BCUT2D eigenvalue weighted by Crippen LogP contribution is -1.95. The Balaban J connectivity index is 2.55. The van der Waals surface area contributed by atoms with Gasteiger partial charge in [0, 0.05) is 18.0 Å². The van der Waals surface area contributed by atoms with Gasteiger partial charge < -0.3 is 5.11 Å². The molecule has 0 amide bonds. The lowest BCUT2D eigenvalue weighted by atomic mass is 10.2. The van der Waals surface area contributed by atoms with E-state index in [1.165, 1.54) is 11.3 Å². The fraction of sp³-hybridized carbons (Fsp3) is 0.182. The number of nitrogens with zero attached hydrogens (tertiary/aromatic N) is 2. The summed E-state index contributed by atoms with van der Waals surface area (Å²) in [7, 11) is 0. The number of thiazole rings is 1. The van der Waals surface area contributed by atoms with Crippen LogP contribution in [0.3, 0.4) is 0 Å². The van der Waals surface area contributed by atoms with Crippen molar-refractivity contribution in [3.05, 3.63) is 34.4 Å². The maximum atomic E-state index is 11.1. The normalized spacial score (nSPS) is 10.3. The Morgan fingerprint density at radius 3 is 2.94 bits per heavy atom. The highest BCUT2D eigenvalue weighted by Crippen LogP contribution is 2.27. The maximum Gasteiger partial charge on any atom is 0.348 e. The number of aromatic nitrogens is 2. The van der Waals surface area contributed by atoms with Crippen LogP contribution in [0.1, 0.15) is 21.6 Å². The Labute approximate surface area is 96.6 Å². The zero-order chi connectivity index (χ0) is 11.5. The molecular weight excluding hydrogens is 224 g/mol. The van der Waals surface area contributed by atoms with Gasteiger partial charge in [-0.2, -0.15) is 0 Å². The van der Waals surface area contributed by atoms with Crippen LogP contribution in [-0.4, -0.2) is 21.0 Å². The second-order valence-corrected chi connectivity index (χ2v) is 4.27. The summed E-state index contributed by atoms with van der Waals surface area (Å²) < 4.78 is 0. The van der Waals surface area contributed by atoms with Crippen LogP contribution in [-0.2, 0) is 6.42 Å². The van der Waals surface area contributed by atoms with Crippen LogP contribution in [0.15, 0.2) is 24.5 Å². The van der Waals surface area contributed by atoms with Crippen molar-refractivity contribution in [2.24, 2.45) is 0 Å². The van der Waals surface area contributed by atoms with Gasteiger partial charge in [0.1, 0.15) is 4.88 Å². The predicted molar refractivity (Wildman–Crippen MR) is 61.7 cm³/mol.